The number of hydrogen-bond donors (Lipinski definition) is 2. The highest BCUT2D eigenvalue weighted by atomic mass is 32.1. The van der Waals surface area contributed by atoms with Gasteiger partial charge in [0, 0.05) is 18.5 Å². The van der Waals surface area contributed by atoms with Crippen molar-refractivity contribution in [2.24, 2.45) is 12.0 Å². The van der Waals surface area contributed by atoms with E-state index in [9.17, 15) is 0 Å². The van der Waals surface area contributed by atoms with E-state index in [0.29, 0.717) is 6.54 Å². The molecule has 0 saturated carbocycles. The first kappa shape index (κ1) is 19.9. The number of methoxy groups -OCH3 is 1. The smallest absolute Gasteiger partial charge is 0.192 e. The highest BCUT2D eigenvalue weighted by Gasteiger charge is 2.06. The number of benzene rings is 1. The van der Waals surface area contributed by atoms with Crippen LogP contribution in [-0.4, -0.2) is 34.4 Å². The zero-order chi connectivity index (χ0) is 19.8. The number of aryl methyl sites for hydroxylation is 1. The Bertz CT molecular complexity index is 886. The van der Waals surface area contributed by atoms with E-state index in [1.54, 1.807) is 18.4 Å². The van der Waals surface area contributed by atoms with Gasteiger partial charge in [0.05, 0.1) is 13.7 Å². The van der Waals surface area contributed by atoms with Gasteiger partial charge in [-0.25, -0.2) is 4.99 Å². The monoisotopic (exact) mass is 398 g/mol. The second-order valence-corrected chi connectivity index (χ2v) is 7.38. The standard InChI is InChI=1S/C20H26N6OS/c1-15-24-25-19(26(15)2)14-23-20(22-13-18-5-4-12-28-18)21-11-10-16-6-8-17(27-3)9-7-16/h4-9,12H,10-11,13-14H2,1-3H3,(H2,21,22,23). The van der Waals surface area contributed by atoms with Crippen molar-refractivity contribution in [2.45, 2.75) is 26.4 Å². The fourth-order valence-electron chi connectivity index (χ4n) is 2.61. The van der Waals surface area contributed by atoms with Crippen LogP contribution in [0.4, 0.5) is 0 Å². The Kier molecular flexibility index (Phi) is 7.02. The predicted octanol–water partition coefficient (Wildman–Crippen LogP) is 2.67. The molecule has 7 nitrogen and oxygen atoms in total. The van der Waals surface area contributed by atoms with E-state index in [-0.39, 0.29) is 0 Å². The maximum atomic E-state index is 5.21. The molecule has 0 saturated heterocycles. The first-order chi connectivity index (χ1) is 13.7. The van der Waals surface area contributed by atoms with E-state index in [4.69, 9.17) is 4.74 Å². The Morgan fingerprint density at radius 1 is 1.18 bits per heavy atom. The van der Waals surface area contributed by atoms with Crippen LogP contribution in [0.2, 0.25) is 0 Å². The molecule has 2 N–H and O–H groups in total. The van der Waals surface area contributed by atoms with Crippen LogP contribution >= 0.6 is 11.3 Å². The van der Waals surface area contributed by atoms with Gasteiger partial charge in [-0.1, -0.05) is 18.2 Å². The third-order valence-electron chi connectivity index (χ3n) is 4.44. The lowest BCUT2D eigenvalue weighted by atomic mass is 10.1. The second-order valence-electron chi connectivity index (χ2n) is 6.35. The van der Waals surface area contributed by atoms with E-state index >= 15 is 0 Å². The normalized spacial score (nSPS) is 11.5. The van der Waals surface area contributed by atoms with Crippen molar-refractivity contribution in [2.75, 3.05) is 13.7 Å². The second kappa shape index (κ2) is 9.89. The van der Waals surface area contributed by atoms with Crippen molar-refractivity contribution in [3.8, 4) is 5.75 Å². The summed E-state index contributed by atoms with van der Waals surface area (Å²) >= 11 is 1.73. The number of nitrogens with one attached hydrogen (secondary N) is 2. The third kappa shape index (κ3) is 5.56. The number of ether oxygens (including phenoxy) is 1. The summed E-state index contributed by atoms with van der Waals surface area (Å²) in [6.45, 7) is 3.92. The van der Waals surface area contributed by atoms with Crippen molar-refractivity contribution in [3.05, 3.63) is 63.9 Å². The van der Waals surface area contributed by atoms with Gasteiger partial charge in [0.1, 0.15) is 18.1 Å². The van der Waals surface area contributed by atoms with Crippen molar-refractivity contribution >= 4 is 17.3 Å². The predicted molar refractivity (Wildman–Crippen MR) is 113 cm³/mol. The van der Waals surface area contributed by atoms with Crippen LogP contribution in [0.25, 0.3) is 0 Å². The van der Waals surface area contributed by atoms with Crippen LogP contribution in [0.5, 0.6) is 5.75 Å². The minimum absolute atomic E-state index is 0.472. The number of hydrogen-bond acceptors (Lipinski definition) is 5. The highest BCUT2D eigenvalue weighted by Crippen LogP contribution is 2.11. The average Bonchev–Trinajstić information content (AvgIpc) is 3.35. The van der Waals surface area contributed by atoms with Gasteiger partial charge >= 0.3 is 0 Å². The summed E-state index contributed by atoms with van der Waals surface area (Å²) in [7, 11) is 3.63. The van der Waals surface area contributed by atoms with Gasteiger partial charge in [0.25, 0.3) is 0 Å². The van der Waals surface area contributed by atoms with Crippen LogP contribution in [0.1, 0.15) is 22.1 Å². The molecule has 0 aliphatic rings. The quantitative estimate of drug-likeness (QED) is 0.451. The third-order valence-corrected chi connectivity index (χ3v) is 5.31. The molecule has 0 unspecified atom stereocenters. The molecule has 1 aromatic carbocycles. The van der Waals surface area contributed by atoms with Gasteiger partial charge in [-0.15, -0.1) is 21.5 Å². The minimum atomic E-state index is 0.472. The molecule has 3 rings (SSSR count). The average molecular weight is 399 g/mol. The Morgan fingerprint density at radius 3 is 2.64 bits per heavy atom. The number of nitrogens with zero attached hydrogens (tertiary/aromatic N) is 4. The zero-order valence-electron chi connectivity index (χ0n) is 16.5. The lowest BCUT2D eigenvalue weighted by Gasteiger charge is -2.12. The van der Waals surface area contributed by atoms with Crippen LogP contribution in [0, 0.1) is 6.92 Å². The van der Waals surface area contributed by atoms with E-state index < -0.39 is 0 Å². The number of aromatic nitrogens is 3. The number of guanidine groups is 1. The summed E-state index contributed by atoms with van der Waals surface area (Å²) in [5.41, 5.74) is 1.25. The van der Waals surface area contributed by atoms with Crippen LogP contribution in [0.3, 0.4) is 0 Å². The Morgan fingerprint density at radius 2 is 2.00 bits per heavy atom. The Balaban J connectivity index is 1.59. The molecule has 2 heterocycles. The topological polar surface area (TPSA) is 76.4 Å². The summed E-state index contributed by atoms with van der Waals surface area (Å²) in [5.74, 6) is 3.36. The number of rotatable bonds is 8. The van der Waals surface area contributed by atoms with E-state index in [0.717, 1.165) is 42.9 Å². The van der Waals surface area contributed by atoms with Gasteiger partial charge in [0.2, 0.25) is 0 Å². The summed E-state index contributed by atoms with van der Waals surface area (Å²) in [6.07, 6.45) is 0.896. The minimum Gasteiger partial charge on any atom is -0.497 e. The summed E-state index contributed by atoms with van der Waals surface area (Å²) in [5, 5.41) is 17.2. The fourth-order valence-corrected chi connectivity index (χ4v) is 3.26. The number of aliphatic imine (C=N–C) groups is 1. The summed E-state index contributed by atoms with van der Waals surface area (Å²) in [6, 6.07) is 12.3. The molecule has 2 aromatic heterocycles. The van der Waals surface area contributed by atoms with Crippen molar-refractivity contribution < 1.29 is 4.74 Å². The van der Waals surface area contributed by atoms with Gasteiger partial charge in [-0.05, 0) is 42.5 Å². The molecule has 0 fully saturated rings. The van der Waals surface area contributed by atoms with Crippen molar-refractivity contribution in [3.63, 3.8) is 0 Å². The van der Waals surface area contributed by atoms with Gasteiger partial charge in [0.15, 0.2) is 11.8 Å². The largest absolute Gasteiger partial charge is 0.497 e. The lowest BCUT2D eigenvalue weighted by Crippen LogP contribution is -2.38. The Labute approximate surface area is 169 Å². The van der Waals surface area contributed by atoms with E-state index in [1.165, 1.54) is 10.4 Å². The van der Waals surface area contributed by atoms with Crippen molar-refractivity contribution in [1.29, 1.82) is 0 Å². The molecular weight excluding hydrogens is 372 g/mol. The van der Waals surface area contributed by atoms with Crippen molar-refractivity contribution in [1.82, 2.24) is 25.4 Å². The maximum absolute atomic E-state index is 5.21. The highest BCUT2D eigenvalue weighted by molar-refractivity contribution is 7.09. The molecule has 0 aliphatic carbocycles. The molecule has 148 valence electrons. The van der Waals surface area contributed by atoms with Gasteiger partial charge in [-0.3, -0.25) is 0 Å². The molecule has 8 heteroatoms. The zero-order valence-corrected chi connectivity index (χ0v) is 17.3. The first-order valence-electron chi connectivity index (χ1n) is 9.18. The molecule has 0 amide bonds. The molecule has 0 spiro atoms. The molecular formula is C20H26N6OS. The van der Waals surface area contributed by atoms with E-state index in [2.05, 4.69) is 55.5 Å². The van der Waals surface area contributed by atoms with E-state index in [1.807, 2.05) is 30.7 Å². The summed E-state index contributed by atoms with van der Waals surface area (Å²) < 4.78 is 7.16. The molecule has 0 radical (unpaired) electrons. The SMILES string of the molecule is COc1ccc(CCNC(=NCc2nnc(C)n2C)NCc2cccs2)cc1. The first-order valence-corrected chi connectivity index (χ1v) is 10.1. The molecule has 3 aromatic rings. The molecule has 0 aliphatic heterocycles. The molecule has 0 atom stereocenters. The van der Waals surface area contributed by atoms with Gasteiger partial charge in [-0.2, -0.15) is 0 Å². The summed E-state index contributed by atoms with van der Waals surface area (Å²) in [4.78, 5) is 5.94. The molecule has 0 bridgehead atoms. The maximum Gasteiger partial charge on any atom is 0.192 e. The number of thiophene rings is 1. The van der Waals surface area contributed by atoms with Crippen LogP contribution < -0.4 is 15.4 Å². The van der Waals surface area contributed by atoms with Gasteiger partial charge < -0.3 is 19.9 Å². The Hall–Kier alpha value is -2.87. The van der Waals surface area contributed by atoms with Crippen LogP contribution in [-0.2, 0) is 26.6 Å². The lowest BCUT2D eigenvalue weighted by molar-refractivity contribution is 0.414. The molecule has 28 heavy (non-hydrogen) atoms. The fraction of sp³-hybridized carbons (Fsp3) is 0.350. The van der Waals surface area contributed by atoms with Crippen LogP contribution in [0.15, 0.2) is 46.8 Å².